The number of carbonyl (C=O) groups is 1. The van der Waals surface area contributed by atoms with Crippen molar-refractivity contribution in [2.45, 2.75) is 55.5 Å². The Bertz CT molecular complexity index is 1860. The molecule has 0 spiro atoms. The first-order valence-corrected chi connectivity index (χ1v) is 17.3. The van der Waals surface area contributed by atoms with Gasteiger partial charge < -0.3 is 30.3 Å². The number of hydrogen-bond acceptors (Lipinski definition) is 17. The molecule has 3 saturated heterocycles. The van der Waals surface area contributed by atoms with Crippen LogP contribution in [-0.2, 0) is 36.7 Å². The number of thiol groups is 1. The van der Waals surface area contributed by atoms with Gasteiger partial charge in [0, 0.05) is 12.6 Å². The summed E-state index contributed by atoms with van der Waals surface area (Å²) in [7, 11) is -5.08. The number of nitrogens with zero attached hydrogens (tertiary/aromatic N) is 6. The lowest BCUT2D eigenvalue weighted by atomic mass is 10.1. The zero-order chi connectivity index (χ0) is 31.8. The lowest BCUT2D eigenvalue weighted by molar-refractivity contribution is -0.0640. The zero-order valence-electron chi connectivity index (χ0n) is 22.5. The average molecular weight is 690 g/mol. The molecule has 242 valence electrons. The van der Waals surface area contributed by atoms with Gasteiger partial charge in [-0.25, -0.2) is 24.1 Å². The maximum atomic E-state index is 13.4. The Morgan fingerprint density at radius 3 is 2.51 bits per heavy atom. The van der Waals surface area contributed by atoms with E-state index < -0.39 is 82.5 Å². The van der Waals surface area contributed by atoms with Crippen molar-refractivity contribution >= 4 is 61.8 Å². The number of phosphoric acid groups is 1. The summed E-state index contributed by atoms with van der Waals surface area (Å²) < 4.78 is 62.2. The first-order valence-electron chi connectivity index (χ1n) is 13.2. The van der Waals surface area contributed by atoms with E-state index in [-0.39, 0.29) is 40.8 Å². The Kier molecular flexibility index (Phi) is 7.62. The number of ketones is 1. The number of Topliss-reactive ketones (excluding diaryl/α,β-unsaturated/α-hetero) is 1. The number of aliphatic hydroxyl groups is 2. The SMILES string of the molecule is Nc1nc2c(ncn2[C@@H]2O[C@@H]3COP(=O)(S)O[C@H]4[C@@H](O)[C@H](n5cnc6c5N=CCC6=O)O[C@@H]4COP(=O)(O)O[C@@H]2[C@@H]3O)c(=O)[nH]1. The molecule has 0 aliphatic carbocycles. The molecule has 3 fully saturated rings. The number of H-pyrrole nitrogens is 1. The fourth-order valence-corrected chi connectivity index (χ4v) is 7.84. The van der Waals surface area contributed by atoms with Crippen molar-refractivity contribution in [3.8, 4) is 0 Å². The van der Waals surface area contributed by atoms with Crippen molar-refractivity contribution in [2.24, 2.45) is 4.99 Å². The third-order valence-electron chi connectivity index (χ3n) is 7.46. The first kappa shape index (κ1) is 30.8. The van der Waals surface area contributed by atoms with E-state index in [0.717, 1.165) is 10.9 Å². The number of nitrogens with two attached hydrogens (primary N) is 1. The van der Waals surface area contributed by atoms with Crippen LogP contribution in [0.4, 0.5) is 11.8 Å². The monoisotopic (exact) mass is 690 g/mol. The van der Waals surface area contributed by atoms with E-state index >= 15 is 0 Å². The standard InChI is InChI=1S/C21H24N8O13P2S/c22-21-26-17-11(18(33)27-21)25-6-29(17)20-15-12(31)8(39-20)3-38-44(36,45)42-14-9(4-37-43(34,35)41-15)40-19(13(14)32)28-5-24-10-7(30)1-2-23-16(10)28/h2,5-6,8-9,12-15,19-20,31-32H,1,3-4H2,(H,34,35)(H,36,45)(H3,22,26,27,33)/t8-,9-,12-,13-,14-,15-,19-,20-,44?/m1/s1. The molecule has 45 heavy (non-hydrogen) atoms. The highest BCUT2D eigenvalue weighted by Crippen LogP contribution is 2.58. The molecule has 6 N–H and O–H groups in total. The van der Waals surface area contributed by atoms with Crippen LogP contribution in [0.3, 0.4) is 0 Å². The molecule has 0 saturated carbocycles. The van der Waals surface area contributed by atoms with Gasteiger partial charge in [0.15, 0.2) is 40.9 Å². The number of aromatic amines is 1. The highest BCUT2D eigenvalue weighted by Gasteiger charge is 2.53. The number of carbonyl (C=O) groups excluding carboxylic acids is 1. The van der Waals surface area contributed by atoms with Crippen molar-refractivity contribution in [1.29, 1.82) is 0 Å². The molecule has 7 rings (SSSR count). The molecule has 3 aromatic heterocycles. The maximum Gasteiger partial charge on any atom is 0.472 e. The predicted octanol–water partition coefficient (Wildman–Crippen LogP) is -0.641. The van der Waals surface area contributed by atoms with Crippen LogP contribution in [0.1, 0.15) is 29.4 Å². The number of aromatic nitrogens is 6. The molecule has 4 aliphatic heterocycles. The van der Waals surface area contributed by atoms with Crippen LogP contribution in [0.2, 0.25) is 0 Å². The molecule has 2 unspecified atom stereocenters. The maximum absolute atomic E-state index is 13.4. The summed E-state index contributed by atoms with van der Waals surface area (Å²) in [6, 6.07) is 0. The number of aliphatic hydroxyl groups excluding tert-OH is 2. The summed E-state index contributed by atoms with van der Waals surface area (Å²) in [6.45, 7) is -5.82. The third kappa shape index (κ3) is 5.49. The van der Waals surface area contributed by atoms with E-state index in [1.54, 1.807) is 0 Å². The van der Waals surface area contributed by atoms with Gasteiger partial charge in [0.1, 0.15) is 36.6 Å². The molecule has 24 heteroatoms. The smallest absolute Gasteiger partial charge is 0.387 e. The van der Waals surface area contributed by atoms with E-state index in [2.05, 4.69) is 37.2 Å². The summed E-state index contributed by atoms with van der Waals surface area (Å²) in [5.41, 5.74) is 4.78. The van der Waals surface area contributed by atoms with Gasteiger partial charge in [0.05, 0.1) is 25.9 Å². The zero-order valence-corrected chi connectivity index (χ0v) is 25.2. The van der Waals surface area contributed by atoms with Crippen molar-refractivity contribution in [1.82, 2.24) is 29.1 Å². The molecule has 7 heterocycles. The van der Waals surface area contributed by atoms with Crippen LogP contribution in [0.15, 0.2) is 22.4 Å². The third-order valence-corrected chi connectivity index (χ3v) is 10.1. The molecule has 4 aliphatic rings. The molecule has 10 atom stereocenters. The number of hydrogen-bond donors (Lipinski definition) is 6. The minimum atomic E-state index is -5.08. The summed E-state index contributed by atoms with van der Waals surface area (Å²) >= 11 is 4.00. The highest BCUT2D eigenvalue weighted by molar-refractivity contribution is 8.44. The highest BCUT2D eigenvalue weighted by atomic mass is 32.7. The minimum absolute atomic E-state index is 0.0351. The first-order chi connectivity index (χ1) is 21.3. The van der Waals surface area contributed by atoms with Crippen LogP contribution in [0, 0.1) is 0 Å². The fraction of sp³-hybridized carbons (Fsp3) is 0.524. The van der Waals surface area contributed by atoms with Crippen molar-refractivity contribution in [3.63, 3.8) is 0 Å². The molecule has 3 aromatic rings. The molecular weight excluding hydrogens is 666 g/mol. The number of nitrogen functional groups attached to an aromatic ring is 1. The van der Waals surface area contributed by atoms with Crippen LogP contribution in [0.25, 0.3) is 11.2 Å². The Labute approximate surface area is 255 Å². The number of fused-ring (bicyclic) bond motifs is 5. The van der Waals surface area contributed by atoms with Gasteiger partial charge in [-0.05, 0) is 0 Å². The van der Waals surface area contributed by atoms with Crippen LogP contribution >= 0.6 is 26.9 Å². The van der Waals surface area contributed by atoms with E-state index in [1.807, 2.05) is 0 Å². The number of anilines is 1. The van der Waals surface area contributed by atoms with E-state index in [1.165, 1.54) is 17.1 Å². The number of imidazole rings is 2. The molecular formula is C21H24N8O13P2S. The lowest BCUT2D eigenvalue weighted by Gasteiger charge is -2.26. The number of aliphatic imine (C=N–C) groups is 1. The van der Waals surface area contributed by atoms with Gasteiger partial charge in [-0.15, -0.1) is 0 Å². The summed E-state index contributed by atoms with van der Waals surface area (Å²) in [6.07, 6.45) is -8.33. The van der Waals surface area contributed by atoms with Gasteiger partial charge in [0.25, 0.3) is 5.56 Å². The summed E-state index contributed by atoms with van der Waals surface area (Å²) in [5.74, 6) is -0.490. The second-order valence-corrected chi connectivity index (χ2v) is 14.6. The number of ether oxygens (including phenoxy) is 2. The van der Waals surface area contributed by atoms with E-state index in [4.69, 9.17) is 33.3 Å². The number of phosphoric ester groups is 1. The van der Waals surface area contributed by atoms with E-state index in [9.17, 15) is 33.8 Å². The van der Waals surface area contributed by atoms with Gasteiger partial charge in [-0.3, -0.25) is 41.8 Å². The summed E-state index contributed by atoms with van der Waals surface area (Å²) in [5, 5.41) is 22.2. The van der Waals surface area contributed by atoms with Crippen molar-refractivity contribution in [3.05, 3.63) is 28.7 Å². The van der Waals surface area contributed by atoms with Gasteiger partial charge in [-0.2, -0.15) is 4.98 Å². The second-order valence-electron chi connectivity index (χ2n) is 10.3. The van der Waals surface area contributed by atoms with Crippen molar-refractivity contribution < 1.29 is 56.6 Å². The van der Waals surface area contributed by atoms with Gasteiger partial charge in [-0.1, -0.05) is 12.2 Å². The molecule has 21 nitrogen and oxygen atoms in total. The second kappa shape index (κ2) is 11.1. The van der Waals surface area contributed by atoms with Crippen LogP contribution in [-0.4, -0.2) is 106 Å². The topological polar surface area (TPSA) is 287 Å². The normalized spacial score (nSPS) is 38.8. The molecule has 2 bridgehead atoms. The quantitative estimate of drug-likeness (QED) is 0.144. The molecule has 0 radical (unpaired) electrons. The number of nitrogens with one attached hydrogen (secondary N) is 1. The molecule has 0 aromatic carbocycles. The van der Waals surface area contributed by atoms with Crippen molar-refractivity contribution in [2.75, 3.05) is 18.9 Å². The fourth-order valence-electron chi connectivity index (χ4n) is 5.42. The Hall–Kier alpha value is -2.85. The Balaban J connectivity index is 1.20. The summed E-state index contributed by atoms with van der Waals surface area (Å²) in [4.78, 5) is 53.7. The minimum Gasteiger partial charge on any atom is -0.387 e. The van der Waals surface area contributed by atoms with Crippen LogP contribution in [0.5, 0.6) is 0 Å². The van der Waals surface area contributed by atoms with Gasteiger partial charge >= 0.3 is 14.6 Å². The molecule has 0 amide bonds. The predicted molar refractivity (Wildman–Crippen MR) is 150 cm³/mol. The number of rotatable bonds is 2. The van der Waals surface area contributed by atoms with Crippen LogP contribution < -0.4 is 11.3 Å². The van der Waals surface area contributed by atoms with E-state index in [0.29, 0.717) is 0 Å². The van der Waals surface area contributed by atoms with Gasteiger partial charge in [0.2, 0.25) is 5.95 Å². The Morgan fingerprint density at radius 2 is 1.71 bits per heavy atom. The lowest BCUT2D eigenvalue weighted by Crippen LogP contribution is -2.36. The average Bonchev–Trinajstić information content (AvgIpc) is 3.72. The largest absolute Gasteiger partial charge is 0.472 e. The Morgan fingerprint density at radius 1 is 0.978 bits per heavy atom.